The summed E-state index contributed by atoms with van der Waals surface area (Å²) >= 11 is 1.57. The van der Waals surface area contributed by atoms with Crippen molar-refractivity contribution in [3.8, 4) is 11.6 Å². The summed E-state index contributed by atoms with van der Waals surface area (Å²) in [6.07, 6.45) is 3.00. The number of anilines is 1. The van der Waals surface area contributed by atoms with Gasteiger partial charge in [-0.15, -0.1) is 11.8 Å². The highest BCUT2D eigenvalue weighted by molar-refractivity contribution is 8.00. The Morgan fingerprint density at radius 3 is 2.83 bits per heavy atom. The van der Waals surface area contributed by atoms with Crippen LogP contribution in [0.4, 0.5) is 5.82 Å². The first-order valence-corrected chi connectivity index (χ1v) is 10.00. The number of H-pyrrole nitrogens is 1. The van der Waals surface area contributed by atoms with Crippen LogP contribution in [0.1, 0.15) is 22.1 Å². The monoisotopic (exact) mass is 407 g/mol. The van der Waals surface area contributed by atoms with Gasteiger partial charge in [-0.3, -0.25) is 4.79 Å². The number of nitrogens with zero attached hydrogens (tertiary/aromatic N) is 5. The Hall–Kier alpha value is -3.40. The molecule has 0 radical (unpaired) electrons. The van der Waals surface area contributed by atoms with Gasteiger partial charge in [0.1, 0.15) is 23.4 Å². The highest BCUT2D eigenvalue weighted by Gasteiger charge is 2.31. The number of benzene rings is 1. The lowest BCUT2D eigenvalue weighted by Crippen LogP contribution is -2.16. The van der Waals surface area contributed by atoms with E-state index in [4.69, 9.17) is 9.84 Å². The number of aryl methyl sites for hydroxylation is 1. The minimum atomic E-state index is -0.0803. The standard InChI is InChI=1S/C19H17N7O2S/c1-10-14-16(11-3-5-12(28-2)6-4-11)29-7-13(27)24-18(14)26(25-10)19-15-17(21-8-20-15)22-9-23-19/h3-6,8-9,16H,7H2,1-2H3,(H,24,27)(H,20,21,22,23)/t16-/m0/s1. The number of carbonyl (C=O) groups excluding carboxylic acids is 1. The zero-order valence-corrected chi connectivity index (χ0v) is 16.5. The molecule has 0 spiro atoms. The molecule has 1 aliphatic heterocycles. The number of methoxy groups -OCH3 is 1. The van der Waals surface area contributed by atoms with Gasteiger partial charge in [0.15, 0.2) is 11.5 Å². The van der Waals surface area contributed by atoms with Gasteiger partial charge in [-0.25, -0.2) is 15.0 Å². The topological polar surface area (TPSA) is 111 Å². The number of fused-ring (bicyclic) bond motifs is 2. The molecule has 4 aromatic rings. The second-order valence-electron chi connectivity index (χ2n) is 6.57. The van der Waals surface area contributed by atoms with Crippen molar-refractivity contribution in [1.82, 2.24) is 29.7 Å². The first-order valence-electron chi connectivity index (χ1n) is 8.95. The number of rotatable bonds is 3. The van der Waals surface area contributed by atoms with E-state index in [0.717, 1.165) is 22.6 Å². The van der Waals surface area contributed by atoms with Crippen LogP contribution in [0.15, 0.2) is 36.9 Å². The third-order valence-corrected chi connectivity index (χ3v) is 6.10. The van der Waals surface area contributed by atoms with E-state index < -0.39 is 0 Å². The quantitative estimate of drug-likeness (QED) is 0.537. The lowest BCUT2D eigenvalue weighted by molar-refractivity contribution is -0.113. The maximum atomic E-state index is 12.5. The number of ether oxygens (including phenoxy) is 1. The predicted molar refractivity (Wildman–Crippen MR) is 109 cm³/mol. The van der Waals surface area contributed by atoms with E-state index in [0.29, 0.717) is 28.6 Å². The molecule has 4 heterocycles. The molecule has 1 amide bonds. The summed E-state index contributed by atoms with van der Waals surface area (Å²) in [6, 6.07) is 7.89. The van der Waals surface area contributed by atoms with Gasteiger partial charge in [-0.2, -0.15) is 9.78 Å². The molecule has 3 aromatic heterocycles. The smallest absolute Gasteiger partial charge is 0.235 e. The van der Waals surface area contributed by atoms with Gasteiger partial charge in [0.25, 0.3) is 0 Å². The van der Waals surface area contributed by atoms with E-state index >= 15 is 0 Å². The Balaban J connectivity index is 1.70. The minimum absolute atomic E-state index is 0.0531. The van der Waals surface area contributed by atoms with Crippen molar-refractivity contribution in [2.45, 2.75) is 12.2 Å². The summed E-state index contributed by atoms with van der Waals surface area (Å²) in [5.41, 5.74) is 4.05. The van der Waals surface area contributed by atoms with Gasteiger partial charge in [-0.1, -0.05) is 12.1 Å². The highest BCUT2D eigenvalue weighted by Crippen LogP contribution is 2.44. The van der Waals surface area contributed by atoms with Gasteiger partial charge in [0.2, 0.25) is 5.91 Å². The SMILES string of the molecule is COc1ccc([C@@H]2SCC(=O)Nc3c2c(C)nn3-c2ncnc3nc[nH]c23)cc1. The number of carbonyl (C=O) groups is 1. The molecular formula is C19H17N7O2S. The number of nitrogens with one attached hydrogen (secondary N) is 2. The van der Waals surface area contributed by atoms with Gasteiger partial charge >= 0.3 is 0 Å². The predicted octanol–water partition coefficient (Wildman–Crippen LogP) is 2.63. The fourth-order valence-electron chi connectivity index (χ4n) is 3.49. The number of imidazole rings is 1. The molecule has 0 saturated carbocycles. The van der Waals surface area contributed by atoms with Crippen molar-refractivity contribution >= 4 is 34.7 Å². The van der Waals surface area contributed by atoms with Crippen molar-refractivity contribution in [1.29, 1.82) is 0 Å². The second kappa shape index (κ2) is 6.89. The maximum absolute atomic E-state index is 12.5. The third kappa shape index (κ3) is 2.92. The lowest BCUT2D eigenvalue weighted by atomic mass is 10.0. The van der Waals surface area contributed by atoms with E-state index in [1.807, 2.05) is 31.2 Å². The fourth-order valence-corrected chi connectivity index (χ4v) is 4.68. The summed E-state index contributed by atoms with van der Waals surface area (Å²) in [4.78, 5) is 28.3. The first kappa shape index (κ1) is 17.7. The van der Waals surface area contributed by atoms with E-state index in [-0.39, 0.29) is 11.2 Å². The van der Waals surface area contributed by atoms with Crippen LogP contribution in [0.5, 0.6) is 5.75 Å². The van der Waals surface area contributed by atoms with Crippen LogP contribution in [-0.4, -0.2) is 48.5 Å². The van der Waals surface area contributed by atoms with Crippen molar-refractivity contribution in [3.63, 3.8) is 0 Å². The van der Waals surface area contributed by atoms with E-state index in [2.05, 4.69) is 25.3 Å². The van der Waals surface area contributed by atoms with Gasteiger partial charge in [0.05, 0.1) is 30.1 Å². The van der Waals surface area contributed by atoms with E-state index in [1.165, 1.54) is 6.33 Å². The number of thioether (sulfide) groups is 1. The second-order valence-corrected chi connectivity index (χ2v) is 7.66. The van der Waals surface area contributed by atoms with Gasteiger partial charge in [0, 0.05) is 5.56 Å². The summed E-state index contributed by atoms with van der Waals surface area (Å²) in [5.74, 6) is 2.21. The molecule has 5 rings (SSSR count). The number of aromatic amines is 1. The van der Waals surface area contributed by atoms with Crippen LogP contribution >= 0.6 is 11.8 Å². The third-order valence-electron chi connectivity index (χ3n) is 4.83. The zero-order chi connectivity index (χ0) is 20.0. The number of hydrogen-bond donors (Lipinski definition) is 2. The molecule has 0 bridgehead atoms. The maximum Gasteiger partial charge on any atom is 0.235 e. The molecular weight excluding hydrogens is 390 g/mol. The van der Waals surface area contributed by atoms with Crippen molar-refractivity contribution in [2.75, 3.05) is 18.2 Å². The number of hydrogen-bond acceptors (Lipinski definition) is 7. The van der Waals surface area contributed by atoms with Crippen LogP contribution in [0.3, 0.4) is 0 Å². The normalized spacial score (nSPS) is 16.3. The Kier molecular flexibility index (Phi) is 4.20. The largest absolute Gasteiger partial charge is 0.497 e. The highest BCUT2D eigenvalue weighted by atomic mass is 32.2. The van der Waals surface area contributed by atoms with Crippen LogP contribution in [0.25, 0.3) is 17.0 Å². The molecule has 0 aliphatic carbocycles. The molecule has 0 unspecified atom stereocenters. The minimum Gasteiger partial charge on any atom is -0.497 e. The molecule has 0 fully saturated rings. The molecule has 1 atom stereocenters. The Morgan fingerprint density at radius 1 is 1.21 bits per heavy atom. The molecule has 9 nitrogen and oxygen atoms in total. The number of aromatic nitrogens is 6. The van der Waals surface area contributed by atoms with Crippen LogP contribution in [0.2, 0.25) is 0 Å². The summed E-state index contributed by atoms with van der Waals surface area (Å²) in [5, 5.41) is 7.66. The average Bonchev–Trinajstić information content (AvgIpc) is 3.29. The Morgan fingerprint density at radius 2 is 2.03 bits per heavy atom. The summed E-state index contributed by atoms with van der Waals surface area (Å²) in [7, 11) is 1.64. The Bertz CT molecular complexity index is 1220. The van der Waals surface area contributed by atoms with Crippen molar-refractivity contribution in [2.24, 2.45) is 0 Å². The molecule has 29 heavy (non-hydrogen) atoms. The van der Waals surface area contributed by atoms with Gasteiger partial charge < -0.3 is 15.0 Å². The molecule has 10 heteroatoms. The average molecular weight is 407 g/mol. The van der Waals surface area contributed by atoms with Crippen LogP contribution < -0.4 is 10.1 Å². The Labute approximate surface area is 169 Å². The molecule has 2 N–H and O–H groups in total. The molecule has 1 aliphatic rings. The lowest BCUT2D eigenvalue weighted by Gasteiger charge is -2.15. The van der Waals surface area contributed by atoms with Crippen molar-refractivity contribution in [3.05, 3.63) is 53.7 Å². The van der Waals surface area contributed by atoms with Gasteiger partial charge in [-0.05, 0) is 24.6 Å². The van der Waals surface area contributed by atoms with E-state index in [9.17, 15) is 4.79 Å². The molecule has 146 valence electrons. The fraction of sp³-hybridized carbons (Fsp3) is 0.211. The number of amides is 1. The van der Waals surface area contributed by atoms with Crippen LogP contribution in [-0.2, 0) is 4.79 Å². The molecule has 1 aromatic carbocycles. The zero-order valence-electron chi connectivity index (χ0n) is 15.7. The van der Waals surface area contributed by atoms with Crippen LogP contribution in [0, 0.1) is 6.92 Å². The van der Waals surface area contributed by atoms with E-state index in [1.54, 1.807) is 29.9 Å². The molecule has 0 saturated heterocycles. The summed E-state index contributed by atoms with van der Waals surface area (Å²) < 4.78 is 6.93. The summed E-state index contributed by atoms with van der Waals surface area (Å²) in [6.45, 7) is 1.94. The first-order chi connectivity index (χ1) is 14.2. The van der Waals surface area contributed by atoms with Crippen molar-refractivity contribution < 1.29 is 9.53 Å².